The van der Waals surface area contributed by atoms with Gasteiger partial charge in [0.15, 0.2) is 11.5 Å². The summed E-state index contributed by atoms with van der Waals surface area (Å²) in [6.45, 7) is 9.47. The molecule has 1 fully saturated rings. The third-order valence-corrected chi connectivity index (χ3v) is 6.78. The number of imidazole rings is 1. The number of piperidine rings is 1. The van der Waals surface area contributed by atoms with E-state index in [4.69, 9.17) is 14.4 Å². The number of hydrogen-bond donors (Lipinski definition) is 2. The third-order valence-electron chi connectivity index (χ3n) is 5.88. The van der Waals surface area contributed by atoms with Gasteiger partial charge >= 0.3 is 0 Å². The summed E-state index contributed by atoms with van der Waals surface area (Å²) in [5, 5.41) is 11.2. The van der Waals surface area contributed by atoms with Gasteiger partial charge in [0.05, 0.1) is 23.3 Å². The van der Waals surface area contributed by atoms with Gasteiger partial charge in [-0.1, -0.05) is 6.42 Å². The van der Waals surface area contributed by atoms with Crippen molar-refractivity contribution in [1.82, 2.24) is 29.5 Å². The van der Waals surface area contributed by atoms with E-state index in [2.05, 4.69) is 24.8 Å². The predicted molar refractivity (Wildman–Crippen MR) is 122 cm³/mol. The normalized spacial score (nSPS) is 20.1. The van der Waals surface area contributed by atoms with Gasteiger partial charge in [-0.15, -0.1) is 0 Å². The molecule has 0 aliphatic carbocycles. The molecular weight excluding hydrogens is 396 g/mol. The smallest absolute Gasteiger partial charge is 0.180 e. The van der Waals surface area contributed by atoms with E-state index in [0.29, 0.717) is 0 Å². The quantitative estimate of drug-likeness (QED) is 0.607. The molecule has 5 rings (SSSR count). The van der Waals surface area contributed by atoms with Crippen molar-refractivity contribution in [3.63, 3.8) is 0 Å². The molecule has 2 aliphatic heterocycles. The van der Waals surface area contributed by atoms with Crippen LogP contribution in [0.15, 0.2) is 16.8 Å². The summed E-state index contributed by atoms with van der Waals surface area (Å²) >= 11 is 1.62. The summed E-state index contributed by atoms with van der Waals surface area (Å²) in [6.07, 6.45) is 8.87. The second kappa shape index (κ2) is 8.03. The number of nitrogens with zero attached hydrogens (tertiary/aromatic N) is 6. The van der Waals surface area contributed by atoms with E-state index >= 15 is 0 Å². The summed E-state index contributed by atoms with van der Waals surface area (Å²) < 4.78 is 6.86. The van der Waals surface area contributed by atoms with Crippen LogP contribution in [0.5, 0.6) is 0 Å². The Hall–Kier alpha value is -2.39. The topological polar surface area (TPSA) is 86.5 Å². The second-order valence-electron chi connectivity index (χ2n) is 8.31. The fourth-order valence-electron chi connectivity index (χ4n) is 4.44. The fraction of sp³-hybridized carbons (Fsp3) is 0.524. The molecule has 0 aromatic carbocycles. The summed E-state index contributed by atoms with van der Waals surface area (Å²) in [6, 6.07) is 0. The molecule has 1 saturated heterocycles. The standard InChI is InChI=1S/C21H28N8S/c1-13-11-29-17(19-14(2)25-26-15(19)3)10-22-21(29)20(23-13)24-18-9-16(27-30-18)12-28-7-5-4-6-8-28/h10-11,18H,4-9,12H2,1-3H3,(H,23,24)(H,25,26). The highest BCUT2D eigenvalue weighted by Gasteiger charge is 2.24. The highest BCUT2D eigenvalue weighted by atomic mass is 32.2. The molecule has 30 heavy (non-hydrogen) atoms. The zero-order valence-electron chi connectivity index (χ0n) is 17.8. The van der Waals surface area contributed by atoms with E-state index in [1.807, 2.05) is 33.2 Å². The van der Waals surface area contributed by atoms with Gasteiger partial charge in [0.25, 0.3) is 0 Å². The van der Waals surface area contributed by atoms with Gasteiger partial charge in [-0.3, -0.25) is 14.4 Å². The van der Waals surface area contributed by atoms with Crippen molar-refractivity contribution in [3.05, 3.63) is 29.5 Å². The number of hydrogen-bond acceptors (Lipinski definition) is 7. The number of aromatic amines is 1. The SMILES string of the molecule is Cc1cn2c(-c3c(C)n[nH]c3C)cnc2c(NC2CC(CN3CCCCC3)=NS2)n1. The van der Waals surface area contributed by atoms with E-state index < -0.39 is 0 Å². The summed E-state index contributed by atoms with van der Waals surface area (Å²) in [5.41, 5.74) is 7.20. The van der Waals surface area contributed by atoms with Crippen molar-refractivity contribution in [2.24, 2.45) is 4.40 Å². The molecule has 2 N–H and O–H groups in total. The minimum atomic E-state index is 0.195. The van der Waals surface area contributed by atoms with Gasteiger partial charge in [-0.05, 0) is 58.7 Å². The zero-order valence-corrected chi connectivity index (χ0v) is 18.6. The van der Waals surface area contributed by atoms with Crippen LogP contribution in [0.4, 0.5) is 5.82 Å². The van der Waals surface area contributed by atoms with Crippen molar-refractivity contribution in [1.29, 1.82) is 0 Å². The minimum Gasteiger partial charge on any atom is -0.353 e. The molecule has 8 nitrogen and oxygen atoms in total. The molecule has 1 atom stereocenters. The fourth-order valence-corrected chi connectivity index (χ4v) is 5.28. The Balaban J connectivity index is 1.36. The van der Waals surface area contributed by atoms with Crippen LogP contribution in [-0.4, -0.2) is 60.2 Å². The largest absolute Gasteiger partial charge is 0.353 e. The number of anilines is 1. The first kappa shape index (κ1) is 19.6. The van der Waals surface area contributed by atoms with E-state index in [0.717, 1.165) is 52.8 Å². The summed E-state index contributed by atoms with van der Waals surface area (Å²) in [4.78, 5) is 12.0. The van der Waals surface area contributed by atoms with E-state index in [1.165, 1.54) is 38.1 Å². The number of nitrogens with one attached hydrogen (secondary N) is 2. The Kier molecular flexibility index (Phi) is 5.24. The van der Waals surface area contributed by atoms with Crippen molar-refractivity contribution < 1.29 is 0 Å². The maximum atomic E-state index is 4.75. The van der Waals surface area contributed by atoms with Crippen LogP contribution < -0.4 is 5.32 Å². The van der Waals surface area contributed by atoms with E-state index in [9.17, 15) is 0 Å². The maximum Gasteiger partial charge on any atom is 0.180 e. The lowest BCUT2D eigenvalue weighted by atomic mass is 10.1. The van der Waals surface area contributed by atoms with Gasteiger partial charge < -0.3 is 5.32 Å². The number of rotatable bonds is 5. The average molecular weight is 425 g/mol. The predicted octanol–water partition coefficient (Wildman–Crippen LogP) is 3.76. The molecule has 9 heteroatoms. The Labute approximate surface area is 180 Å². The van der Waals surface area contributed by atoms with Crippen LogP contribution in [0.3, 0.4) is 0 Å². The van der Waals surface area contributed by atoms with Gasteiger partial charge in [-0.25, -0.2) is 14.4 Å². The number of aromatic nitrogens is 5. The molecule has 5 heterocycles. The molecule has 3 aromatic heterocycles. The molecule has 0 radical (unpaired) electrons. The lowest BCUT2D eigenvalue weighted by molar-refractivity contribution is 0.258. The average Bonchev–Trinajstić information content (AvgIpc) is 3.42. The first-order valence-electron chi connectivity index (χ1n) is 10.7. The molecule has 0 saturated carbocycles. The van der Waals surface area contributed by atoms with E-state index in [1.54, 1.807) is 11.9 Å². The number of fused-ring (bicyclic) bond motifs is 1. The van der Waals surface area contributed by atoms with Crippen LogP contribution in [0.2, 0.25) is 0 Å². The monoisotopic (exact) mass is 424 g/mol. The van der Waals surface area contributed by atoms with Crippen LogP contribution in [0.25, 0.3) is 16.9 Å². The molecular formula is C21H28N8S. The van der Waals surface area contributed by atoms with Crippen molar-refractivity contribution >= 4 is 29.1 Å². The molecule has 0 bridgehead atoms. The lowest BCUT2D eigenvalue weighted by Crippen LogP contribution is -2.34. The van der Waals surface area contributed by atoms with Gasteiger partial charge in [0, 0.05) is 36.1 Å². The Morgan fingerprint density at radius 2 is 2.03 bits per heavy atom. The van der Waals surface area contributed by atoms with Gasteiger partial charge in [-0.2, -0.15) is 5.10 Å². The van der Waals surface area contributed by atoms with Gasteiger partial charge in [0.1, 0.15) is 5.37 Å². The number of H-pyrrole nitrogens is 1. The van der Waals surface area contributed by atoms with Gasteiger partial charge in [0.2, 0.25) is 0 Å². The van der Waals surface area contributed by atoms with Crippen LogP contribution in [-0.2, 0) is 0 Å². The molecule has 3 aromatic rings. The molecule has 0 spiro atoms. The molecule has 158 valence electrons. The van der Waals surface area contributed by atoms with Crippen molar-refractivity contribution in [2.75, 3.05) is 25.0 Å². The van der Waals surface area contributed by atoms with E-state index in [-0.39, 0.29) is 5.37 Å². The first-order chi connectivity index (χ1) is 14.6. The Bertz CT molecular complexity index is 1070. The first-order valence-corrected chi connectivity index (χ1v) is 11.5. The number of likely N-dealkylation sites (tertiary alicyclic amines) is 1. The summed E-state index contributed by atoms with van der Waals surface area (Å²) in [5.74, 6) is 0.812. The Morgan fingerprint density at radius 3 is 2.80 bits per heavy atom. The van der Waals surface area contributed by atoms with Crippen LogP contribution >= 0.6 is 11.9 Å². The number of aryl methyl sites for hydroxylation is 3. The third kappa shape index (κ3) is 3.72. The summed E-state index contributed by atoms with van der Waals surface area (Å²) in [7, 11) is 0. The van der Waals surface area contributed by atoms with Crippen LogP contribution in [0, 0.1) is 20.8 Å². The highest BCUT2D eigenvalue weighted by Crippen LogP contribution is 2.31. The zero-order chi connectivity index (χ0) is 20.7. The Morgan fingerprint density at radius 1 is 1.20 bits per heavy atom. The van der Waals surface area contributed by atoms with Crippen LogP contribution in [0.1, 0.15) is 42.8 Å². The molecule has 1 unspecified atom stereocenters. The minimum absolute atomic E-state index is 0.195. The second-order valence-corrected chi connectivity index (χ2v) is 9.28. The van der Waals surface area contributed by atoms with Crippen molar-refractivity contribution in [2.45, 2.75) is 51.8 Å². The molecule has 2 aliphatic rings. The highest BCUT2D eigenvalue weighted by molar-refractivity contribution is 7.99. The molecule has 0 amide bonds. The maximum absolute atomic E-state index is 4.75. The lowest BCUT2D eigenvalue weighted by Gasteiger charge is -2.26. The van der Waals surface area contributed by atoms with Crippen molar-refractivity contribution in [3.8, 4) is 11.3 Å².